The van der Waals surface area contributed by atoms with E-state index < -0.39 is 0 Å². The normalized spacial score (nSPS) is 15.1. The van der Waals surface area contributed by atoms with Gasteiger partial charge in [0.05, 0.1) is 23.4 Å². The molecule has 1 aromatic heterocycles. The van der Waals surface area contributed by atoms with Crippen molar-refractivity contribution in [3.63, 3.8) is 0 Å². The molecule has 0 saturated carbocycles. The SMILES string of the molecule is CCOc1cc2c(cc1NC(=O)Cn1nc(C)c3ccccc3c1=O)OC(C)C2. The number of carbonyl (C=O) groups is 1. The van der Waals surface area contributed by atoms with Crippen molar-refractivity contribution in [2.24, 2.45) is 0 Å². The van der Waals surface area contributed by atoms with Gasteiger partial charge in [-0.1, -0.05) is 18.2 Å². The van der Waals surface area contributed by atoms with Gasteiger partial charge in [-0.15, -0.1) is 0 Å². The molecule has 0 spiro atoms. The Hall–Kier alpha value is -3.35. The van der Waals surface area contributed by atoms with E-state index in [2.05, 4.69) is 10.4 Å². The van der Waals surface area contributed by atoms with Gasteiger partial charge in [0.25, 0.3) is 5.56 Å². The van der Waals surface area contributed by atoms with Gasteiger partial charge in [0.15, 0.2) is 0 Å². The fourth-order valence-electron chi connectivity index (χ4n) is 3.65. The van der Waals surface area contributed by atoms with E-state index >= 15 is 0 Å². The van der Waals surface area contributed by atoms with E-state index in [4.69, 9.17) is 9.47 Å². The maximum atomic E-state index is 12.7. The van der Waals surface area contributed by atoms with Gasteiger partial charge in [-0.25, -0.2) is 4.68 Å². The predicted molar refractivity (Wildman–Crippen MR) is 111 cm³/mol. The topological polar surface area (TPSA) is 82.5 Å². The second-order valence-corrected chi connectivity index (χ2v) is 7.16. The van der Waals surface area contributed by atoms with E-state index in [0.29, 0.717) is 29.1 Å². The summed E-state index contributed by atoms with van der Waals surface area (Å²) >= 11 is 0. The highest BCUT2D eigenvalue weighted by Crippen LogP contribution is 2.38. The third-order valence-corrected chi connectivity index (χ3v) is 4.92. The lowest BCUT2D eigenvalue weighted by molar-refractivity contribution is -0.117. The summed E-state index contributed by atoms with van der Waals surface area (Å²) in [6, 6.07) is 10.9. The molecule has 1 aliphatic rings. The first-order chi connectivity index (χ1) is 14.0. The smallest absolute Gasteiger partial charge is 0.275 e. The van der Waals surface area contributed by atoms with Gasteiger partial charge < -0.3 is 14.8 Å². The van der Waals surface area contributed by atoms with E-state index in [-0.39, 0.29) is 24.1 Å². The standard InChI is InChI=1S/C22H23N3O4/c1-4-28-20-10-15-9-13(2)29-19(15)11-18(20)23-21(26)12-25-22(27)17-8-6-5-7-16(17)14(3)24-25/h5-8,10-11,13H,4,9,12H2,1-3H3,(H,23,26). The summed E-state index contributed by atoms with van der Waals surface area (Å²) in [7, 11) is 0. The Morgan fingerprint density at radius 2 is 2.07 bits per heavy atom. The van der Waals surface area contributed by atoms with Crippen LogP contribution in [0.2, 0.25) is 0 Å². The molecule has 0 aliphatic carbocycles. The highest BCUT2D eigenvalue weighted by Gasteiger charge is 2.23. The average Bonchev–Trinajstić information content (AvgIpc) is 3.05. The Labute approximate surface area is 168 Å². The molecule has 4 rings (SSSR count). The zero-order chi connectivity index (χ0) is 20.5. The second kappa shape index (κ2) is 7.58. The number of aromatic nitrogens is 2. The summed E-state index contributed by atoms with van der Waals surface area (Å²) in [5, 5.41) is 8.47. The summed E-state index contributed by atoms with van der Waals surface area (Å²) in [6.07, 6.45) is 0.896. The monoisotopic (exact) mass is 393 g/mol. The lowest BCUT2D eigenvalue weighted by Crippen LogP contribution is -2.30. The summed E-state index contributed by atoms with van der Waals surface area (Å²) in [6.45, 7) is 5.99. The van der Waals surface area contributed by atoms with Gasteiger partial charge in [0, 0.05) is 23.4 Å². The highest BCUT2D eigenvalue weighted by atomic mass is 16.5. The Morgan fingerprint density at radius 1 is 1.31 bits per heavy atom. The van der Waals surface area contributed by atoms with Crippen molar-refractivity contribution in [3.05, 3.63) is 58.0 Å². The van der Waals surface area contributed by atoms with Crippen LogP contribution >= 0.6 is 0 Å². The molecule has 2 heterocycles. The first-order valence-electron chi connectivity index (χ1n) is 9.69. The number of nitrogens with zero attached hydrogens (tertiary/aromatic N) is 2. The van der Waals surface area contributed by atoms with E-state index in [9.17, 15) is 9.59 Å². The number of rotatable bonds is 5. The van der Waals surface area contributed by atoms with Gasteiger partial charge in [0.1, 0.15) is 24.1 Å². The molecule has 1 amide bonds. The summed E-state index contributed by atoms with van der Waals surface area (Å²) < 4.78 is 12.7. The van der Waals surface area contributed by atoms with E-state index in [1.807, 2.05) is 39.0 Å². The minimum atomic E-state index is -0.360. The van der Waals surface area contributed by atoms with Crippen molar-refractivity contribution in [2.75, 3.05) is 11.9 Å². The van der Waals surface area contributed by atoms with Gasteiger partial charge in [0.2, 0.25) is 5.91 Å². The molecule has 0 bridgehead atoms. The number of aryl methyl sites for hydroxylation is 1. The fourth-order valence-corrected chi connectivity index (χ4v) is 3.65. The van der Waals surface area contributed by atoms with Crippen molar-refractivity contribution in [2.45, 2.75) is 39.8 Å². The van der Waals surface area contributed by atoms with Crippen LogP contribution in [0.1, 0.15) is 25.1 Å². The van der Waals surface area contributed by atoms with E-state index in [1.54, 1.807) is 18.2 Å². The van der Waals surface area contributed by atoms with Crippen LogP contribution in [-0.4, -0.2) is 28.4 Å². The van der Waals surface area contributed by atoms with Gasteiger partial charge in [-0.2, -0.15) is 5.10 Å². The lowest BCUT2D eigenvalue weighted by Gasteiger charge is -2.14. The van der Waals surface area contributed by atoms with Crippen molar-refractivity contribution in [1.82, 2.24) is 9.78 Å². The third kappa shape index (κ3) is 3.68. The van der Waals surface area contributed by atoms with Crippen molar-refractivity contribution in [3.8, 4) is 11.5 Å². The van der Waals surface area contributed by atoms with E-state index in [1.165, 1.54) is 4.68 Å². The minimum Gasteiger partial charge on any atom is -0.492 e. The molecular formula is C22H23N3O4. The molecule has 1 atom stereocenters. The molecule has 3 aromatic rings. The zero-order valence-corrected chi connectivity index (χ0v) is 16.7. The molecule has 0 saturated heterocycles. The Balaban J connectivity index is 1.61. The lowest BCUT2D eigenvalue weighted by atomic mass is 10.1. The van der Waals surface area contributed by atoms with Gasteiger partial charge in [-0.3, -0.25) is 9.59 Å². The van der Waals surface area contributed by atoms with Gasteiger partial charge >= 0.3 is 0 Å². The molecule has 0 fully saturated rings. The van der Waals surface area contributed by atoms with Crippen LogP contribution in [0.15, 0.2) is 41.2 Å². The average molecular weight is 393 g/mol. The molecule has 1 N–H and O–H groups in total. The molecule has 7 heteroatoms. The number of amides is 1. The van der Waals surface area contributed by atoms with Crippen LogP contribution in [0.5, 0.6) is 11.5 Å². The summed E-state index contributed by atoms with van der Waals surface area (Å²) in [5.74, 6) is 0.974. The number of carbonyl (C=O) groups excluding carboxylic acids is 1. The molecule has 150 valence electrons. The maximum Gasteiger partial charge on any atom is 0.275 e. The highest BCUT2D eigenvalue weighted by molar-refractivity contribution is 5.93. The largest absolute Gasteiger partial charge is 0.492 e. The fraction of sp³-hybridized carbons (Fsp3) is 0.318. The number of benzene rings is 2. The predicted octanol–water partition coefficient (Wildman–Crippen LogP) is 3.07. The number of fused-ring (bicyclic) bond motifs is 2. The molecule has 1 aliphatic heterocycles. The molecule has 0 radical (unpaired) electrons. The Bertz CT molecular complexity index is 1150. The molecule has 29 heavy (non-hydrogen) atoms. The number of ether oxygens (including phenoxy) is 2. The summed E-state index contributed by atoms with van der Waals surface area (Å²) in [4.78, 5) is 25.4. The molecule has 2 aromatic carbocycles. The summed E-state index contributed by atoms with van der Waals surface area (Å²) in [5.41, 5.74) is 1.98. The number of hydrogen-bond acceptors (Lipinski definition) is 5. The van der Waals surface area contributed by atoms with Crippen LogP contribution in [-0.2, 0) is 17.8 Å². The molecular weight excluding hydrogens is 370 g/mol. The first-order valence-corrected chi connectivity index (χ1v) is 9.69. The van der Waals surface area contributed by atoms with Crippen molar-refractivity contribution < 1.29 is 14.3 Å². The Kier molecular flexibility index (Phi) is 4.96. The minimum absolute atomic E-state index is 0.0915. The number of hydrogen-bond donors (Lipinski definition) is 1. The Morgan fingerprint density at radius 3 is 2.83 bits per heavy atom. The number of anilines is 1. The molecule has 1 unspecified atom stereocenters. The quantitative estimate of drug-likeness (QED) is 0.720. The van der Waals surface area contributed by atoms with Crippen LogP contribution < -0.4 is 20.3 Å². The van der Waals surface area contributed by atoms with Crippen molar-refractivity contribution in [1.29, 1.82) is 0 Å². The first kappa shape index (κ1) is 19.0. The van der Waals surface area contributed by atoms with Crippen molar-refractivity contribution >= 4 is 22.4 Å². The van der Waals surface area contributed by atoms with E-state index in [0.717, 1.165) is 23.1 Å². The van der Waals surface area contributed by atoms with Crippen LogP contribution in [0.4, 0.5) is 5.69 Å². The molecule has 7 nitrogen and oxygen atoms in total. The van der Waals surface area contributed by atoms with Crippen LogP contribution in [0.3, 0.4) is 0 Å². The zero-order valence-electron chi connectivity index (χ0n) is 16.7. The second-order valence-electron chi connectivity index (χ2n) is 7.16. The van der Waals surface area contributed by atoms with Gasteiger partial charge in [-0.05, 0) is 32.9 Å². The van der Waals surface area contributed by atoms with Crippen LogP contribution in [0.25, 0.3) is 10.8 Å². The maximum absolute atomic E-state index is 12.7. The van der Waals surface area contributed by atoms with Crippen LogP contribution in [0, 0.1) is 6.92 Å². The number of nitrogens with one attached hydrogen (secondary N) is 1. The third-order valence-electron chi connectivity index (χ3n) is 4.92.